The van der Waals surface area contributed by atoms with Crippen LogP contribution in [-0.4, -0.2) is 54.8 Å². The Morgan fingerprint density at radius 2 is 2.60 bits per heavy atom. The highest BCUT2D eigenvalue weighted by Crippen LogP contribution is 2.41. The molecule has 1 aliphatic heterocycles. The summed E-state index contributed by atoms with van der Waals surface area (Å²) in [6.45, 7) is 2.63. The lowest BCUT2D eigenvalue weighted by Crippen LogP contribution is -2.56. The van der Waals surface area contributed by atoms with Crippen LogP contribution in [0.15, 0.2) is 10.9 Å². The Balaban J connectivity index is 1.74. The highest BCUT2D eigenvalue weighted by atomic mass is 32.1. The van der Waals surface area contributed by atoms with Gasteiger partial charge in [-0.1, -0.05) is 6.42 Å². The van der Waals surface area contributed by atoms with E-state index in [2.05, 4.69) is 4.98 Å². The maximum Gasteiger partial charge on any atom is 0.273 e. The number of carbonyl (C=O) groups excluding carboxylic acids is 1. The van der Waals surface area contributed by atoms with Crippen molar-refractivity contribution in [3.05, 3.63) is 16.6 Å². The third kappa shape index (κ3) is 2.47. The van der Waals surface area contributed by atoms with Crippen LogP contribution in [0.5, 0.6) is 0 Å². The van der Waals surface area contributed by atoms with Gasteiger partial charge in [-0.3, -0.25) is 4.79 Å². The fourth-order valence-electron chi connectivity index (χ4n) is 3.41. The van der Waals surface area contributed by atoms with Crippen LogP contribution >= 0.6 is 11.3 Å². The smallest absolute Gasteiger partial charge is 0.273 e. The molecule has 0 aromatic carbocycles. The van der Waals surface area contributed by atoms with E-state index >= 15 is 0 Å². The molecule has 0 unspecified atom stereocenters. The third-order valence-corrected chi connectivity index (χ3v) is 5.00. The minimum absolute atomic E-state index is 0.0250. The first-order valence-electron chi connectivity index (χ1n) is 7.05. The Morgan fingerprint density at radius 3 is 3.35 bits per heavy atom. The molecule has 1 aromatic rings. The number of ether oxygens (including phenoxy) is 2. The zero-order valence-corrected chi connectivity index (χ0v) is 12.5. The molecule has 3 rings (SSSR count). The Labute approximate surface area is 122 Å². The van der Waals surface area contributed by atoms with E-state index in [1.807, 2.05) is 10.3 Å². The minimum Gasteiger partial charge on any atom is -0.384 e. The Hall–Kier alpha value is -0.980. The molecule has 1 aliphatic carbocycles. The van der Waals surface area contributed by atoms with Crippen molar-refractivity contribution in [2.75, 3.05) is 33.4 Å². The lowest BCUT2D eigenvalue weighted by molar-refractivity contribution is -0.130. The maximum atomic E-state index is 12.4. The molecule has 5 nitrogen and oxygen atoms in total. The van der Waals surface area contributed by atoms with Gasteiger partial charge in [0.25, 0.3) is 5.91 Å². The number of hydrogen-bond donors (Lipinski definition) is 0. The number of carbonyl (C=O) groups is 1. The Morgan fingerprint density at radius 1 is 1.70 bits per heavy atom. The van der Waals surface area contributed by atoms with Crippen LogP contribution in [0.25, 0.3) is 0 Å². The summed E-state index contributed by atoms with van der Waals surface area (Å²) in [6.07, 6.45) is 3.28. The number of thiazole rings is 1. The molecular formula is C14H20N2O3S. The summed E-state index contributed by atoms with van der Waals surface area (Å²) in [5.41, 5.74) is 2.04. The number of methoxy groups -OCH3 is 1. The van der Waals surface area contributed by atoms with Crippen molar-refractivity contribution < 1.29 is 14.3 Å². The predicted octanol–water partition coefficient (Wildman–Crippen LogP) is 1.80. The second kappa shape index (κ2) is 5.79. The van der Waals surface area contributed by atoms with Gasteiger partial charge in [0, 0.05) is 25.0 Å². The first-order valence-corrected chi connectivity index (χ1v) is 8.00. The van der Waals surface area contributed by atoms with Gasteiger partial charge in [0.1, 0.15) is 5.69 Å². The van der Waals surface area contributed by atoms with Crippen LogP contribution in [0.3, 0.4) is 0 Å². The normalized spacial score (nSPS) is 30.1. The van der Waals surface area contributed by atoms with Crippen LogP contribution in [-0.2, 0) is 9.47 Å². The van der Waals surface area contributed by atoms with Crippen LogP contribution in [0.4, 0.5) is 0 Å². The molecule has 2 aliphatic rings. The monoisotopic (exact) mass is 296 g/mol. The van der Waals surface area contributed by atoms with Gasteiger partial charge in [-0.25, -0.2) is 4.98 Å². The van der Waals surface area contributed by atoms with E-state index in [1.54, 1.807) is 12.6 Å². The number of morpholine rings is 1. The van der Waals surface area contributed by atoms with Gasteiger partial charge >= 0.3 is 0 Å². The topological polar surface area (TPSA) is 51.7 Å². The molecule has 0 radical (unpaired) electrons. The molecule has 2 heterocycles. The predicted molar refractivity (Wildman–Crippen MR) is 75.9 cm³/mol. The number of amides is 1. The summed E-state index contributed by atoms with van der Waals surface area (Å²) < 4.78 is 11.4. The standard InChI is InChI=1S/C14H20N2O3S/c1-18-7-11-3-2-4-14(11)9-16(5-6-19-14)13(17)12-8-20-10-15-12/h8,10-11H,2-7,9H2,1H3/t11-,14+/m1/s1. The van der Waals surface area contributed by atoms with Crippen molar-refractivity contribution >= 4 is 17.2 Å². The van der Waals surface area contributed by atoms with Gasteiger partial charge in [0.05, 0.1) is 30.9 Å². The summed E-state index contributed by atoms with van der Waals surface area (Å²) in [4.78, 5) is 18.5. The maximum absolute atomic E-state index is 12.4. The van der Waals surface area contributed by atoms with Gasteiger partial charge in [-0.2, -0.15) is 0 Å². The van der Waals surface area contributed by atoms with Crippen molar-refractivity contribution in [2.24, 2.45) is 5.92 Å². The third-order valence-electron chi connectivity index (χ3n) is 4.41. The molecule has 1 amide bonds. The summed E-state index contributed by atoms with van der Waals surface area (Å²) in [5.74, 6) is 0.413. The quantitative estimate of drug-likeness (QED) is 0.853. The van der Waals surface area contributed by atoms with Crippen molar-refractivity contribution in [3.63, 3.8) is 0 Å². The van der Waals surface area contributed by atoms with Crippen LogP contribution < -0.4 is 0 Å². The largest absolute Gasteiger partial charge is 0.384 e. The molecule has 1 saturated heterocycles. The second-order valence-electron chi connectivity index (χ2n) is 5.56. The highest BCUT2D eigenvalue weighted by molar-refractivity contribution is 7.07. The van der Waals surface area contributed by atoms with E-state index in [0.29, 0.717) is 37.9 Å². The molecule has 6 heteroatoms. The molecular weight excluding hydrogens is 276 g/mol. The highest BCUT2D eigenvalue weighted by Gasteiger charge is 2.47. The van der Waals surface area contributed by atoms with Crippen LogP contribution in [0.2, 0.25) is 0 Å². The Kier molecular flexibility index (Phi) is 4.05. The fourth-order valence-corrected chi connectivity index (χ4v) is 3.94. The summed E-state index contributed by atoms with van der Waals surface area (Å²) in [5, 5.41) is 1.81. The first-order chi connectivity index (χ1) is 9.75. The summed E-state index contributed by atoms with van der Waals surface area (Å²) in [7, 11) is 1.73. The van der Waals surface area contributed by atoms with E-state index in [4.69, 9.17) is 9.47 Å². The lowest BCUT2D eigenvalue weighted by atomic mass is 9.89. The first kappa shape index (κ1) is 14.0. The Bertz CT molecular complexity index is 465. The average Bonchev–Trinajstić information content (AvgIpc) is 3.10. The number of aromatic nitrogens is 1. The van der Waals surface area contributed by atoms with Gasteiger partial charge < -0.3 is 14.4 Å². The van der Waals surface area contributed by atoms with Crippen molar-refractivity contribution in [2.45, 2.75) is 24.9 Å². The molecule has 2 fully saturated rings. The molecule has 0 bridgehead atoms. The number of hydrogen-bond acceptors (Lipinski definition) is 5. The summed E-state index contributed by atoms with van der Waals surface area (Å²) >= 11 is 1.45. The molecule has 0 N–H and O–H groups in total. The molecule has 1 spiro atoms. The van der Waals surface area contributed by atoms with Crippen molar-refractivity contribution in [1.82, 2.24) is 9.88 Å². The van der Waals surface area contributed by atoms with Gasteiger partial charge in [0.2, 0.25) is 0 Å². The zero-order valence-electron chi connectivity index (χ0n) is 11.7. The van der Waals surface area contributed by atoms with E-state index < -0.39 is 0 Å². The van der Waals surface area contributed by atoms with Gasteiger partial charge in [-0.05, 0) is 12.8 Å². The van der Waals surface area contributed by atoms with Gasteiger partial charge in [-0.15, -0.1) is 11.3 Å². The van der Waals surface area contributed by atoms with Gasteiger partial charge in [0.15, 0.2) is 0 Å². The van der Waals surface area contributed by atoms with Crippen LogP contribution in [0, 0.1) is 5.92 Å². The average molecular weight is 296 g/mol. The van der Waals surface area contributed by atoms with E-state index in [9.17, 15) is 4.79 Å². The molecule has 20 heavy (non-hydrogen) atoms. The van der Waals surface area contributed by atoms with Crippen LogP contribution in [0.1, 0.15) is 29.8 Å². The molecule has 110 valence electrons. The lowest BCUT2D eigenvalue weighted by Gasteiger charge is -2.43. The minimum atomic E-state index is -0.208. The molecule has 1 saturated carbocycles. The summed E-state index contributed by atoms with van der Waals surface area (Å²) in [6, 6.07) is 0. The fraction of sp³-hybridized carbons (Fsp3) is 0.714. The number of rotatable bonds is 3. The number of nitrogens with zero attached hydrogens (tertiary/aromatic N) is 2. The van der Waals surface area contributed by atoms with Crippen molar-refractivity contribution in [1.29, 1.82) is 0 Å². The molecule has 2 atom stereocenters. The zero-order chi connectivity index (χ0) is 14.0. The SMILES string of the molecule is COC[C@H]1CCC[C@]12CN(C(=O)c1cscn1)CCO2. The van der Waals surface area contributed by atoms with Crippen molar-refractivity contribution in [3.8, 4) is 0 Å². The second-order valence-corrected chi connectivity index (χ2v) is 6.28. The molecule has 1 aromatic heterocycles. The van der Waals surface area contributed by atoms with E-state index in [0.717, 1.165) is 19.3 Å². The van der Waals surface area contributed by atoms with E-state index in [1.165, 1.54) is 11.3 Å². The van der Waals surface area contributed by atoms with E-state index in [-0.39, 0.29) is 11.5 Å².